The Morgan fingerprint density at radius 1 is 1.11 bits per heavy atom. The third-order valence-corrected chi connectivity index (χ3v) is 4.38. The first-order valence-electron chi connectivity index (χ1n) is 6.01. The Morgan fingerprint density at radius 2 is 1.79 bits per heavy atom. The molecule has 0 amide bonds. The number of hydrogen-bond acceptors (Lipinski definition) is 2. The second-order valence-electron chi connectivity index (χ2n) is 4.37. The van der Waals surface area contributed by atoms with E-state index in [4.69, 9.17) is 17.3 Å². The lowest BCUT2D eigenvalue weighted by atomic mass is 9.89. The normalized spacial score (nSPS) is 14.1. The number of hydrogen-bond donors (Lipinski definition) is 2. The first kappa shape index (κ1) is 14.5. The number of nitrogens with two attached hydrogens (primary N) is 1. The van der Waals surface area contributed by atoms with Gasteiger partial charge < -0.3 is 10.8 Å². The van der Waals surface area contributed by atoms with Gasteiger partial charge in [-0.1, -0.05) is 48.0 Å². The summed E-state index contributed by atoms with van der Waals surface area (Å²) in [5, 5.41) is 11.1. The standard InChI is InChI=1S/C15H15BrClNO/c16-13-7-6-11(8-14(13)17)12(9-18)15(19)10-4-2-1-3-5-10/h1-8,12,15,19H,9,18H2. The fraction of sp³-hybridized carbons (Fsp3) is 0.200. The monoisotopic (exact) mass is 339 g/mol. The molecule has 0 spiro atoms. The Labute approximate surface area is 126 Å². The summed E-state index contributed by atoms with van der Waals surface area (Å²) in [6.07, 6.45) is -0.636. The van der Waals surface area contributed by atoms with Crippen LogP contribution >= 0.6 is 27.5 Å². The van der Waals surface area contributed by atoms with Gasteiger partial charge in [0.05, 0.1) is 11.1 Å². The molecule has 4 heteroatoms. The van der Waals surface area contributed by atoms with Crippen molar-refractivity contribution in [3.8, 4) is 0 Å². The molecule has 0 bridgehead atoms. The predicted molar refractivity (Wildman–Crippen MR) is 82.3 cm³/mol. The first-order valence-corrected chi connectivity index (χ1v) is 7.18. The molecular weight excluding hydrogens is 326 g/mol. The average Bonchev–Trinajstić information content (AvgIpc) is 2.44. The van der Waals surface area contributed by atoms with Crippen LogP contribution in [0.25, 0.3) is 0 Å². The molecule has 2 aromatic rings. The van der Waals surface area contributed by atoms with Crippen LogP contribution in [0.2, 0.25) is 5.02 Å². The molecule has 0 aliphatic rings. The summed E-state index contributed by atoms with van der Waals surface area (Å²) in [4.78, 5) is 0. The molecule has 0 radical (unpaired) electrons. The summed E-state index contributed by atoms with van der Waals surface area (Å²) < 4.78 is 0.836. The Kier molecular flexibility index (Phi) is 4.99. The van der Waals surface area contributed by atoms with Gasteiger partial charge in [-0.15, -0.1) is 0 Å². The average molecular weight is 341 g/mol. The van der Waals surface area contributed by atoms with Gasteiger partial charge in [-0.25, -0.2) is 0 Å². The first-order chi connectivity index (χ1) is 9.13. The van der Waals surface area contributed by atoms with Crippen molar-refractivity contribution < 1.29 is 5.11 Å². The molecule has 19 heavy (non-hydrogen) atoms. The topological polar surface area (TPSA) is 46.2 Å². The quantitative estimate of drug-likeness (QED) is 0.887. The Balaban J connectivity index is 2.31. The molecule has 0 aliphatic carbocycles. The summed E-state index contributed by atoms with van der Waals surface area (Å²) in [5.74, 6) is -0.173. The second kappa shape index (κ2) is 6.53. The summed E-state index contributed by atoms with van der Waals surface area (Å²) in [6.45, 7) is 0.355. The van der Waals surface area contributed by atoms with E-state index in [2.05, 4.69) is 15.9 Å². The van der Waals surface area contributed by atoms with Crippen molar-refractivity contribution in [3.05, 3.63) is 69.2 Å². The van der Waals surface area contributed by atoms with E-state index >= 15 is 0 Å². The van der Waals surface area contributed by atoms with E-state index in [1.165, 1.54) is 0 Å². The molecule has 0 aliphatic heterocycles. The van der Waals surface area contributed by atoms with Crippen molar-refractivity contribution in [1.29, 1.82) is 0 Å². The molecule has 2 atom stereocenters. The van der Waals surface area contributed by atoms with Crippen LogP contribution in [0.5, 0.6) is 0 Å². The minimum atomic E-state index is -0.636. The van der Waals surface area contributed by atoms with Crippen molar-refractivity contribution in [2.45, 2.75) is 12.0 Å². The number of halogens is 2. The van der Waals surface area contributed by atoms with Crippen LogP contribution in [-0.2, 0) is 0 Å². The zero-order valence-electron chi connectivity index (χ0n) is 10.3. The summed E-state index contributed by atoms with van der Waals surface area (Å²) >= 11 is 9.45. The highest BCUT2D eigenvalue weighted by molar-refractivity contribution is 9.10. The zero-order chi connectivity index (χ0) is 13.8. The van der Waals surface area contributed by atoms with Crippen molar-refractivity contribution in [3.63, 3.8) is 0 Å². The highest BCUT2D eigenvalue weighted by Gasteiger charge is 2.21. The van der Waals surface area contributed by atoms with Crippen molar-refractivity contribution in [1.82, 2.24) is 0 Å². The Morgan fingerprint density at radius 3 is 2.37 bits per heavy atom. The van der Waals surface area contributed by atoms with E-state index < -0.39 is 6.10 Å². The van der Waals surface area contributed by atoms with Gasteiger partial charge in [0.2, 0.25) is 0 Å². The number of aliphatic hydroxyl groups is 1. The van der Waals surface area contributed by atoms with E-state index in [-0.39, 0.29) is 5.92 Å². The van der Waals surface area contributed by atoms with Crippen molar-refractivity contribution >= 4 is 27.5 Å². The highest BCUT2D eigenvalue weighted by atomic mass is 79.9. The van der Waals surface area contributed by atoms with Gasteiger partial charge >= 0.3 is 0 Å². The molecule has 0 aromatic heterocycles. The third kappa shape index (κ3) is 3.37. The van der Waals surface area contributed by atoms with Gasteiger partial charge in [-0.3, -0.25) is 0 Å². The molecule has 0 heterocycles. The maximum absolute atomic E-state index is 10.5. The molecule has 3 N–H and O–H groups in total. The Bertz CT molecular complexity index is 547. The fourth-order valence-electron chi connectivity index (χ4n) is 2.07. The van der Waals surface area contributed by atoms with Gasteiger partial charge in [-0.2, -0.15) is 0 Å². The van der Waals surface area contributed by atoms with Gasteiger partial charge in [0.15, 0.2) is 0 Å². The van der Waals surface area contributed by atoms with E-state index in [1.807, 2.05) is 48.5 Å². The fourth-order valence-corrected chi connectivity index (χ4v) is 2.51. The maximum atomic E-state index is 10.5. The molecule has 0 saturated heterocycles. The van der Waals surface area contributed by atoms with E-state index in [9.17, 15) is 5.11 Å². The number of benzene rings is 2. The summed E-state index contributed by atoms with van der Waals surface area (Å²) in [7, 11) is 0. The van der Waals surface area contributed by atoms with Gasteiger partial charge in [-0.05, 0) is 39.2 Å². The largest absolute Gasteiger partial charge is 0.388 e. The van der Waals surface area contributed by atoms with Crippen LogP contribution in [0.3, 0.4) is 0 Å². The van der Waals surface area contributed by atoms with Crippen LogP contribution in [0, 0.1) is 0 Å². The smallest absolute Gasteiger partial charge is 0.0870 e. The molecule has 2 rings (SSSR count). The maximum Gasteiger partial charge on any atom is 0.0870 e. The van der Waals surface area contributed by atoms with Crippen molar-refractivity contribution in [2.24, 2.45) is 5.73 Å². The Hall–Kier alpha value is -0.870. The number of aliphatic hydroxyl groups excluding tert-OH is 1. The minimum Gasteiger partial charge on any atom is -0.388 e. The molecule has 2 nitrogen and oxygen atoms in total. The van der Waals surface area contributed by atoms with E-state index in [0.29, 0.717) is 11.6 Å². The van der Waals surface area contributed by atoms with Crippen molar-refractivity contribution in [2.75, 3.05) is 6.54 Å². The lowest BCUT2D eigenvalue weighted by Crippen LogP contribution is -2.20. The van der Waals surface area contributed by atoms with Gasteiger partial charge in [0, 0.05) is 16.9 Å². The second-order valence-corrected chi connectivity index (χ2v) is 5.63. The number of rotatable bonds is 4. The molecule has 2 aromatic carbocycles. The molecule has 0 fully saturated rings. The lowest BCUT2D eigenvalue weighted by Gasteiger charge is -2.22. The molecular formula is C15H15BrClNO. The van der Waals surface area contributed by atoms with E-state index in [0.717, 1.165) is 15.6 Å². The molecule has 2 unspecified atom stereocenters. The van der Waals surface area contributed by atoms with Gasteiger partial charge in [0.25, 0.3) is 0 Å². The summed E-state index contributed by atoms with van der Waals surface area (Å²) in [6, 6.07) is 15.2. The molecule has 0 saturated carbocycles. The lowest BCUT2D eigenvalue weighted by molar-refractivity contribution is 0.147. The third-order valence-electron chi connectivity index (χ3n) is 3.15. The van der Waals surface area contributed by atoms with Crippen LogP contribution in [0.15, 0.2) is 53.0 Å². The van der Waals surface area contributed by atoms with Crippen LogP contribution in [0.4, 0.5) is 0 Å². The van der Waals surface area contributed by atoms with E-state index in [1.54, 1.807) is 0 Å². The van der Waals surface area contributed by atoms with Gasteiger partial charge in [0.1, 0.15) is 0 Å². The van der Waals surface area contributed by atoms with Crippen LogP contribution in [-0.4, -0.2) is 11.7 Å². The predicted octanol–water partition coefficient (Wildman–Crippen LogP) is 3.88. The van der Waals surface area contributed by atoms with Crippen LogP contribution < -0.4 is 5.73 Å². The highest BCUT2D eigenvalue weighted by Crippen LogP contribution is 2.33. The SMILES string of the molecule is NCC(c1ccc(Br)c(Cl)c1)C(O)c1ccccc1. The molecule has 100 valence electrons. The van der Waals surface area contributed by atoms with Crippen LogP contribution in [0.1, 0.15) is 23.1 Å². The summed E-state index contributed by atoms with van der Waals surface area (Å²) in [5.41, 5.74) is 7.61. The zero-order valence-corrected chi connectivity index (χ0v) is 12.6. The minimum absolute atomic E-state index is 0.173.